The molecule has 0 bridgehead atoms. The lowest BCUT2D eigenvalue weighted by molar-refractivity contribution is -0.116. The molecule has 0 aliphatic rings. The zero-order chi connectivity index (χ0) is 4.99. The molecule has 0 saturated heterocycles. The predicted octanol–water partition coefficient (Wildman–Crippen LogP) is -1.09. The number of thiol groups is 1. The highest BCUT2D eigenvalue weighted by atomic mass is 32.1. The van der Waals surface area contributed by atoms with E-state index in [0.717, 1.165) is 0 Å². The molecule has 0 unspecified atom stereocenters. The third-order valence-electron chi connectivity index (χ3n) is 0.253. The van der Waals surface area contributed by atoms with Crippen molar-refractivity contribution in [3.63, 3.8) is 0 Å². The van der Waals surface area contributed by atoms with Gasteiger partial charge in [0.15, 0.2) is 0 Å². The molecule has 0 heterocycles. The molecular formula is C2H6N2OS. The van der Waals surface area contributed by atoms with Gasteiger partial charge in [-0.1, -0.05) is 12.8 Å². The Morgan fingerprint density at radius 1 is 2.00 bits per heavy atom. The monoisotopic (exact) mass is 106 g/mol. The van der Waals surface area contributed by atoms with E-state index in [0.29, 0.717) is 0 Å². The van der Waals surface area contributed by atoms with Crippen LogP contribution < -0.4 is 10.5 Å². The van der Waals surface area contributed by atoms with Crippen LogP contribution in [0, 0.1) is 0 Å². The highest BCUT2D eigenvalue weighted by Crippen LogP contribution is 1.55. The lowest BCUT2D eigenvalue weighted by Gasteiger charge is -1.84. The van der Waals surface area contributed by atoms with Crippen LogP contribution in [0.1, 0.15) is 0 Å². The molecule has 0 aliphatic heterocycles. The van der Waals surface area contributed by atoms with E-state index in [9.17, 15) is 4.79 Å². The molecule has 6 heavy (non-hydrogen) atoms. The lowest BCUT2D eigenvalue weighted by Crippen LogP contribution is -2.22. The van der Waals surface area contributed by atoms with Gasteiger partial charge in [-0.15, -0.1) is 0 Å². The van der Waals surface area contributed by atoms with E-state index in [1.54, 1.807) is 0 Å². The quantitative estimate of drug-likeness (QED) is 0.392. The number of hydrogen-bond acceptors (Lipinski definition) is 3. The number of hydrogen-bond donors (Lipinski definition) is 3. The van der Waals surface area contributed by atoms with E-state index in [1.807, 2.05) is 0 Å². The summed E-state index contributed by atoms with van der Waals surface area (Å²) in [6.45, 7) is 0.128. The molecule has 0 aromatic rings. The van der Waals surface area contributed by atoms with Gasteiger partial charge in [-0.25, -0.2) is 0 Å². The predicted molar refractivity (Wildman–Crippen MR) is 26.2 cm³/mol. The first-order valence-electron chi connectivity index (χ1n) is 1.42. The van der Waals surface area contributed by atoms with E-state index in [2.05, 4.69) is 23.3 Å². The summed E-state index contributed by atoms with van der Waals surface area (Å²) < 4.78 is 2.29. The SMILES string of the molecule is NC(=O)CNS. The van der Waals surface area contributed by atoms with Crippen molar-refractivity contribution in [3.05, 3.63) is 0 Å². The average Bonchev–Trinajstić information content (AvgIpc) is 1.35. The lowest BCUT2D eigenvalue weighted by atomic mass is 10.7. The van der Waals surface area contributed by atoms with Crippen molar-refractivity contribution in [1.29, 1.82) is 0 Å². The number of carbonyl (C=O) groups excluding carboxylic acids is 1. The molecule has 0 aromatic heterocycles. The van der Waals surface area contributed by atoms with Gasteiger partial charge in [-0.05, 0) is 0 Å². The third-order valence-corrected chi connectivity index (χ3v) is 0.411. The van der Waals surface area contributed by atoms with Crippen LogP contribution in [0.4, 0.5) is 0 Å². The summed E-state index contributed by atoms with van der Waals surface area (Å²) in [5, 5.41) is 0. The van der Waals surface area contributed by atoms with Gasteiger partial charge in [0, 0.05) is 0 Å². The summed E-state index contributed by atoms with van der Waals surface area (Å²) in [4.78, 5) is 9.71. The van der Waals surface area contributed by atoms with Gasteiger partial charge in [-0.2, -0.15) is 0 Å². The Hall–Kier alpha value is -0.220. The molecule has 0 aliphatic carbocycles. The molecule has 0 saturated carbocycles. The van der Waals surface area contributed by atoms with Gasteiger partial charge in [0.2, 0.25) is 5.91 Å². The van der Waals surface area contributed by atoms with Crippen molar-refractivity contribution < 1.29 is 4.79 Å². The summed E-state index contributed by atoms with van der Waals surface area (Å²) in [5.74, 6) is -0.398. The number of carbonyl (C=O) groups is 1. The van der Waals surface area contributed by atoms with Crippen molar-refractivity contribution in [2.24, 2.45) is 5.73 Å². The summed E-state index contributed by atoms with van der Waals surface area (Å²) in [6.07, 6.45) is 0. The maximum Gasteiger partial charge on any atom is 0.232 e. The smallest absolute Gasteiger partial charge is 0.232 e. The number of rotatable bonds is 2. The molecule has 0 atom stereocenters. The fourth-order valence-corrected chi connectivity index (χ4v) is 0.234. The number of nitrogens with two attached hydrogens (primary N) is 1. The highest BCUT2D eigenvalue weighted by molar-refractivity contribution is 7.78. The van der Waals surface area contributed by atoms with Crippen molar-refractivity contribution >= 4 is 18.7 Å². The van der Waals surface area contributed by atoms with E-state index < -0.39 is 5.91 Å². The maximum atomic E-state index is 9.71. The number of amides is 1. The van der Waals surface area contributed by atoms with Crippen molar-refractivity contribution in [1.82, 2.24) is 4.72 Å². The van der Waals surface area contributed by atoms with Crippen LogP contribution in [-0.2, 0) is 4.79 Å². The molecule has 3 N–H and O–H groups in total. The minimum Gasteiger partial charge on any atom is -0.369 e. The summed E-state index contributed by atoms with van der Waals surface area (Å²) in [7, 11) is 0. The molecular weight excluding hydrogens is 100 g/mol. The second kappa shape index (κ2) is 2.99. The molecule has 36 valence electrons. The van der Waals surface area contributed by atoms with Crippen molar-refractivity contribution in [3.8, 4) is 0 Å². The van der Waals surface area contributed by atoms with Gasteiger partial charge in [0.25, 0.3) is 0 Å². The topological polar surface area (TPSA) is 55.1 Å². The first kappa shape index (κ1) is 5.78. The van der Waals surface area contributed by atoms with E-state index in [-0.39, 0.29) is 6.54 Å². The van der Waals surface area contributed by atoms with Crippen LogP contribution in [0.3, 0.4) is 0 Å². The molecule has 3 nitrogen and oxygen atoms in total. The zero-order valence-corrected chi connectivity index (χ0v) is 4.03. The molecule has 0 fully saturated rings. The molecule has 0 spiro atoms. The van der Waals surface area contributed by atoms with Crippen LogP contribution in [0.5, 0.6) is 0 Å². The second-order valence-corrected chi connectivity index (χ2v) is 1.12. The summed E-state index contributed by atoms with van der Waals surface area (Å²) in [6, 6.07) is 0. The van der Waals surface area contributed by atoms with Crippen LogP contribution >= 0.6 is 12.8 Å². The maximum absolute atomic E-state index is 9.71. The van der Waals surface area contributed by atoms with Crippen LogP contribution in [0.2, 0.25) is 0 Å². The standard InChI is InChI=1S/C2H6N2OS/c3-2(5)1-4-6/h4,6H,1H2,(H2,3,5). The Labute approximate surface area is 41.4 Å². The zero-order valence-electron chi connectivity index (χ0n) is 3.14. The third kappa shape index (κ3) is 3.78. The van der Waals surface area contributed by atoms with Gasteiger partial charge in [-0.3, -0.25) is 9.52 Å². The normalized spacial score (nSPS) is 8.17. The fourth-order valence-electron chi connectivity index (χ4n) is 0.0779. The molecule has 0 rings (SSSR count). The minimum absolute atomic E-state index is 0.128. The molecule has 4 heteroatoms. The Bertz CT molecular complexity index is 55.5. The Morgan fingerprint density at radius 3 is 2.50 bits per heavy atom. The fraction of sp³-hybridized carbons (Fsp3) is 0.500. The van der Waals surface area contributed by atoms with E-state index in [4.69, 9.17) is 0 Å². The minimum atomic E-state index is -0.398. The Balaban J connectivity index is 2.83. The second-order valence-electron chi connectivity index (χ2n) is 0.801. The summed E-state index contributed by atoms with van der Waals surface area (Å²) >= 11 is 3.51. The van der Waals surface area contributed by atoms with Crippen molar-refractivity contribution in [2.45, 2.75) is 0 Å². The Morgan fingerprint density at radius 2 is 2.50 bits per heavy atom. The summed E-state index contributed by atoms with van der Waals surface area (Å²) in [5.41, 5.74) is 4.65. The molecule has 0 aromatic carbocycles. The first-order chi connectivity index (χ1) is 2.77. The van der Waals surface area contributed by atoms with Gasteiger partial charge in [0.05, 0.1) is 6.54 Å². The number of nitrogens with one attached hydrogen (secondary N) is 1. The highest BCUT2D eigenvalue weighted by Gasteiger charge is 1.83. The van der Waals surface area contributed by atoms with Crippen LogP contribution in [0.25, 0.3) is 0 Å². The van der Waals surface area contributed by atoms with E-state index >= 15 is 0 Å². The van der Waals surface area contributed by atoms with Gasteiger partial charge < -0.3 is 5.73 Å². The number of primary amides is 1. The largest absolute Gasteiger partial charge is 0.369 e. The first-order valence-corrected chi connectivity index (χ1v) is 1.87. The van der Waals surface area contributed by atoms with Gasteiger partial charge in [0.1, 0.15) is 0 Å². The van der Waals surface area contributed by atoms with Crippen molar-refractivity contribution in [2.75, 3.05) is 6.54 Å². The molecule has 1 amide bonds. The van der Waals surface area contributed by atoms with E-state index in [1.165, 1.54) is 0 Å². The van der Waals surface area contributed by atoms with Crippen LogP contribution in [0.15, 0.2) is 0 Å². The van der Waals surface area contributed by atoms with Crippen LogP contribution in [-0.4, -0.2) is 12.5 Å². The van der Waals surface area contributed by atoms with Gasteiger partial charge >= 0.3 is 0 Å². The molecule has 0 radical (unpaired) electrons. The average molecular weight is 106 g/mol. The Kier molecular flexibility index (Phi) is 2.88.